The zero-order valence-corrected chi connectivity index (χ0v) is 11.7. The molecule has 1 aromatic carbocycles. The number of hydrogen-bond acceptors (Lipinski definition) is 3. The molecule has 3 heteroatoms. The fourth-order valence-electron chi connectivity index (χ4n) is 2.00. The van der Waals surface area contributed by atoms with Crippen LogP contribution in [-0.2, 0) is 6.54 Å². The van der Waals surface area contributed by atoms with Crippen molar-refractivity contribution in [3.8, 4) is 0 Å². The predicted molar refractivity (Wildman–Crippen MR) is 78.2 cm³/mol. The number of nitrogens with zero attached hydrogens (tertiary/aromatic N) is 2. The highest BCUT2D eigenvalue weighted by Gasteiger charge is 2.06. The molecule has 0 aliphatic heterocycles. The summed E-state index contributed by atoms with van der Waals surface area (Å²) in [5.41, 5.74) is 4.35. The van der Waals surface area contributed by atoms with E-state index in [4.69, 9.17) is 0 Å². The van der Waals surface area contributed by atoms with Crippen LogP contribution >= 0.6 is 0 Å². The monoisotopic (exact) mass is 256 g/mol. The van der Waals surface area contributed by atoms with E-state index in [0.29, 0.717) is 5.69 Å². The van der Waals surface area contributed by atoms with Gasteiger partial charge in [-0.3, -0.25) is 4.98 Å². The molecule has 2 aromatic rings. The first-order valence-corrected chi connectivity index (χ1v) is 6.47. The van der Waals surface area contributed by atoms with Crippen molar-refractivity contribution in [3.63, 3.8) is 0 Å². The molecule has 0 fully saturated rings. The molecule has 0 aliphatic carbocycles. The molecule has 0 bridgehead atoms. The molecule has 1 aromatic heterocycles. The quantitative estimate of drug-likeness (QED) is 0.913. The van der Waals surface area contributed by atoms with Crippen molar-refractivity contribution in [2.75, 3.05) is 11.9 Å². The number of aliphatic hydroxyl groups excluding tert-OH is 1. The second-order valence-corrected chi connectivity index (χ2v) is 4.90. The maximum Gasteiger partial charge on any atom is 0.0931 e. The molecule has 0 aliphatic rings. The van der Waals surface area contributed by atoms with E-state index in [2.05, 4.69) is 41.1 Å². The molecule has 19 heavy (non-hydrogen) atoms. The molecule has 0 radical (unpaired) electrons. The highest BCUT2D eigenvalue weighted by Crippen LogP contribution is 2.18. The Morgan fingerprint density at radius 2 is 1.95 bits per heavy atom. The van der Waals surface area contributed by atoms with Gasteiger partial charge in [-0.1, -0.05) is 24.3 Å². The molecule has 2 rings (SSSR count). The summed E-state index contributed by atoms with van der Waals surface area (Å²) >= 11 is 0. The van der Waals surface area contributed by atoms with Gasteiger partial charge in [0.1, 0.15) is 0 Å². The third-order valence-corrected chi connectivity index (χ3v) is 3.31. The minimum Gasteiger partial charge on any atom is -0.387 e. The van der Waals surface area contributed by atoms with Crippen molar-refractivity contribution in [1.29, 1.82) is 0 Å². The molecular formula is C16H20N2O. The summed E-state index contributed by atoms with van der Waals surface area (Å²) in [6.45, 7) is 4.69. The van der Waals surface area contributed by atoms with Gasteiger partial charge in [0.05, 0.1) is 23.7 Å². The van der Waals surface area contributed by atoms with Crippen molar-refractivity contribution in [2.24, 2.45) is 0 Å². The lowest BCUT2D eigenvalue weighted by Crippen LogP contribution is -2.17. The molecule has 0 saturated heterocycles. The van der Waals surface area contributed by atoms with Crippen LogP contribution in [0, 0.1) is 6.92 Å². The second kappa shape index (κ2) is 5.85. The summed E-state index contributed by atoms with van der Waals surface area (Å²) in [6.07, 6.45) is 1.29. The average molecular weight is 256 g/mol. The summed E-state index contributed by atoms with van der Waals surface area (Å²) in [5.74, 6) is 0. The van der Waals surface area contributed by atoms with Crippen molar-refractivity contribution < 1.29 is 5.11 Å². The van der Waals surface area contributed by atoms with Gasteiger partial charge in [-0.25, -0.2) is 0 Å². The van der Waals surface area contributed by atoms with Crippen molar-refractivity contribution in [3.05, 3.63) is 59.4 Å². The summed E-state index contributed by atoms with van der Waals surface area (Å²) in [5, 5.41) is 9.45. The van der Waals surface area contributed by atoms with Crippen LogP contribution in [0.4, 0.5) is 5.69 Å². The van der Waals surface area contributed by atoms with Crippen LogP contribution in [0.15, 0.2) is 42.6 Å². The number of hydrogen-bond donors (Lipinski definition) is 1. The van der Waals surface area contributed by atoms with Gasteiger partial charge in [0.15, 0.2) is 0 Å². The Hall–Kier alpha value is -1.87. The summed E-state index contributed by atoms with van der Waals surface area (Å²) < 4.78 is 0. The van der Waals surface area contributed by atoms with Crippen molar-refractivity contribution in [1.82, 2.24) is 4.98 Å². The number of aliphatic hydroxyl groups is 1. The first-order valence-electron chi connectivity index (χ1n) is 6.47. The molecule has 100 valence electrons. The zero-order valence-electron chi connectivity index (χ0n) is 11.7. The standard InChI is InChI=1S/C16H20N2O/c1-12-6-4-5-7-14(12)11-18(3)15-8-9-16(13(2)19)17-10-15/h4-10,13,19H,11H2,1-3H3. The van der Waals surface area contributed by atoms with Crippen LogP contribution in [0.3, 0.4) is 0 Å². The first-order chi connectivity index (χ1) is 9.08. The van der Waals surface area contributed by atoms with Gasteiger partial charge < -0.3 is 10.0 Å². The second-order valence-electron chi connectivity index (χ2n) is 4.90. The zero-order chi connectivity index (χ0) is 13.8. The molecule has 0 spiro atoms. The summed E-state index contributed by atoms with van der Waals surface area (Å²) in [4.78, 5) is 6.43. The van der Waals surface area contributed by atoms with Crippen LogP contribution in [0.1, 0.15) is 29.8 Å². The average Bonchev–Trinajstić information content (AvgIpc) is 2.41. The van der Waals surface area contributed by atoms with Gasteiger partial charge >= 0.3 is 0 Å². The Balaban J connectivity index is 2.12. The Morgan fingerprint density at radius 1 is 1.21 bits per heavy atom. The van der Waals surface area contributed by atoms with Crippen LogP contribution in [0.25, 0.3) is 0 Å². The van der Waals surface area contributed by atoms with Gasteiger partial charge in [0, 0.05) is 13.6 Å². The number of pyridine rings is 1. The van der Waals surface area contributed by atoms with E-state index >= 15 is 0 Å². The molecule has 0 saturated carbocycles. The number of rotatable bonds is 4. The van der Waals surface area contributed by atoms with E-state index in [1.165, 1.54) is 11.1 Å². The molecule has 1 unspecified atom stereocenters. The largest absolute Gasteiger partial charge is 0.387 e. The highest BCUT2D eigenvalue weighted by molar-refractivity contribution is 5.45. The topological polar surface area (TPSA) is 36.4 Å². The molecule has 0 amide bonds. The molecule has 1 heterocycles. The van der Waals surface area contributed by atoms with Gasteiger partial charge in [0.25, 0.3) is 0 Å². The van der Waals surface area contributed by atoms with E-state index in [1.807, 2.05) is 19.2 Å². The van der Waals surface area contributed by atoms with E-state index in [0.717, 1.165) is 12.2 Å². The van der Waals surface area contributed by atoms with Gasteiger partial charge in [0.2, 0.25) is 0 Å². The Morgan fingerprint density at radius 3 is 2.53 bits per heavy atom. The Labute approximate surface area is 114 Å². The third kappa shape index (κ3) is 3.32. The van der Waals surface area contributed by atoms with Crippen LogP contribution < -0.4 is 4.90 Å². The van der Waals surface area contributed by atoms with Crippen LogP contribution in [0.5, 0.6) is 0 Å². The molecule has 1 N–H and O–H groups in total. The Kier molecular flexibility index (Phi) is 4.17. The number of anilines is 1. The normalized spacial score (nSPS) is 12.2. The maximum absolute atomic E-state index is 9.45. The van der Waals surface area contributed by atoms with Gasteiger partial charge in [-0.15, -0.1) is 0 Å². The van der Waals surface area contributed by atoms with E-state index in [-0.39, 0.29) is 0 Å². The van der Waals surface area contributed by atoms with Crippen molar-refractivity contribution >= 4 is 5.69 Å². The molecule has 3 nitrogen and oxygen atoms in total. The molecule has 1 atom stereocenters. The summed E-state index contributed by atoms with van der Waals surface area (Å²) in [6, 6.07) is 12.2. The minimum absolute atomic E-state index is 0.518. The molecular weight excluding hydrogens is 236 g/mol. The highest BCUT2D eigenvalue weighted by atomic mass is 16.3. The number of aromatic nitrogens is 1. The fraction of sp³-hybridized carbons (Fsp3) is 0.312. The fourth-order valence-corrected chi connectivity index (χ4v) is 2.00. The minimum atomic E-state index is -0.518. The van der Waals surface area contributed by atoms with Crippen LogP contribution in [-0.4, -0.2) is 17.1 Å². The lowest BCUT2D eigenvalue weighted by molar-refractivity contribution is 0.194. The predicted octanol–water partition coefficient (Wildman–Crippen LogP) is 3.08. The van der Waals surface area contributed by atoms with E-state index in [1.54, 1.807) is 13.1 Å². The van der Waals surface area contributed by atoms with Crippen molar-refractivity contribution in [2.45, 2.75) is 26.5 Å². The lowest BCUT2D eigenvalue weighted by atomic mass is 10.1. The Bertz CT molecular complexity index is 535. The van der Waals surface area contributed by atoms with E-state index < -0.39 is 6.10 Å². The smallest absolute Gasteiger partial charge is 0.0931 e. The SMILES string of the molecule is Cc1ccccc1CN(C)c1ccc(C(C)O)nc1. The maximum atomic E-state index is 9.45. The first kappa shape index (κ1) is 13.6. The number of aryl methyl sites for hydroxylation is 1. The summed E-state index contributed by atoms with van der Waals surface area (Å²) in [7, 11) is 2.05. The lowest BCUT2D eigenvalue weighted by Gasteiger charge is -2.20. The van der Waals surface area contributed by atoms with Crippen LogP contribution in [0.2, 0.25) is 0 Å². The number of benzene rings is 1. The van der Waals surface area contributed by atoms with Gasteiger partial charge in [-0.05, 0) is 37.1 Å². The third-order valence-electron chi connectivity index (χ3n) is 3.31. The van der Waals surface area contributed by atoms with Gasteiger partial charge in [-0.2, -0.15) is 0 Å². The van der Waals surface area contributed by atoms with E-state index in [9.17, 15) is 5.11 Å².